The molecule has 0 aliphatic rings. The van der Waals surface area contributed by atoms with Gasteiger partial charge in [-0.3, -0.25) is 4.79 Å². The lowest BCUT2D eigenvalue weighted by atomic mass is 9.92. The molecule has 2 rings (SSSR count). The molecule has 0 aliphatic heterocycles. The molecule has 1 N–H and O–H groups in total. The van der Waals surface area contributed by atoms with Gasteiger partial charge in [0.15, 0.2) is 6.29 Å². The number of fused-ring (bicyclic) bond motifs is 1. The number of hydrogen-bond donors (Lipinski definition) is 1. The van der Waals surface area contributed by atoms with Crippen LogP contribution in [0.25, 0.3) is 10.9 Å². The van der Waals surface area contributed by atoms with Crippen molar-refractivity contribution in [1.82, 2.24) is 4.98 Å². The van der Waals surface area contributed by atoms with E-state index in [4.69, 9.17) is 11.6 Å². The second-order valence-electron chi connectivity index (χ2n) is 4.95. The van der Waals surface area contributed by atoms with E-state index in [0.29, 0.717) is 10.6 Å². The SMILES string of the molecule is CC(C)(C)c1[nH]c2cccc(C=O)c2c1Cl. The van der Waals surface area contributed by atoms with E-state index in [2.05, 4.69) is 25.8 Å². The third kappa shape index (κ3) is 1.63. The number of aldehydes is 1. The Balaban J connectivity index is 2.84. The van der Waals surface area contributed by atoms with Gasteiger partial charge in [-0.05, 0) is 6.07 Å². The summed E-state index contributed by atoms with van der Waals surface area (Å²) >= 11 is 6.34. The van der Waals surface area contributed by atoms with Crippen molar-refractivity contribution in [2.24, 2.45) is 0 Å². The quantitative estimate of drug-likeness (QED) is 0.747. The second kappa shape index (κ2) is 3.63. The molecule has 2 aromatic rings. The summed E-state index contributed by atoms with van der Waals surface area (Å²) < 4.78 is 0. The maximum Gasteiger partial charge on any atom is 0.150 e. The van der Waals surface area contributed by atoms with Crippen LogP contribution in [0.4, 0.5) is 0 Å². The Morgan fingerprint density at radius 1 is 1.31 bits per heavy atom. The number of nitrogens with one attached hydrogen (secondary N) is 1. The number of aromatic nitrogens is 1. The summed E-state index contributed by atoms with van der Waals surface area (Å²) in [5, 5.41) is 1.48. The Kier molecular flexibility index (Phi) is 2.55. The van der Waals surface area contributed by atoms with E-state index >= 15 is 0 Å². The van der Waals surface area contributed by atoms with Crippen LogP contribution < -0.4 is 0 Å². The van der Waals surface area contributed by atoms with E-state index in [1.54, 1.807) is 6.07 Å². The largest absolute Gasteiger partial charge is 0.357 e. The molecule has 0 saturated carbocycles. The van der Waals surface area contributed by atoms with Gasteiger partial charge in [-0.25, -0.2) is 0 Å². The van der Waals surface area contributed by atoms with Gasteiger partial charge in [0.1, 0.15) is 0 Å². The van der Waals surface area contributed by atoms with Crippen LogP contribution in [0, 0.1) is 0 Å². The van der Waals surface area contributed by atoms with E-state index in [-0.39, 0.29) is 5.41 Å². The van der Waals surface area contributed by atoms with Crippen molar-refractivity contribution in [2.45, 2.75) is 26.2 Å². The first kappa shape index (κ1) is 11.2. The molecular formula is C13H14ClNO. The van der Waals surface area contributed by atoms with Crippen LogP contribution >= 0.6 is 11.6 Å². The first-order valence-electron chi connectivity index (χ1n) is 5.21. The molecule has 0 spiro atoms. The summed E-state index contributed by atoms with van der Waals surface area (Å²) in [4.78, 5) is 14.2. The maximum atomic E-state index is 11.0. The average Bonchev–Trinajstić information content (AvgIpc) is 2.56. The lowest BCUT2D eigenvalue weighted by Gasteiger charge is -2.17. The number of H-pyrrole nitrogens is 1. The zero-order valence-electron chi connectivity index (χ0n) is 9.60. The van der Waals surface area contributed by atoms with Gasteiger partial charge in [-0.2, -0.15) is 0 Å². The topological polar surface area (TPSA) is 32.9 Å². The monoisotopic (exact) mass is 235 g/mol. The molecule has 0 aliphatic carbocycles. The lowest BCUT2D eigenvalue weighted by molar-refractivity contribution is 0.112. The molecule has 0 fully saturated rings. The Morgan fingerprint density at radius 2 is 2.00 bits per heavy atom. The van der Waals surface area contributed by atoms with E-state index in [9.17, 15) is 4.79 Å². The van der Waals surface area contributed by atoms with Crippen LogP contribution in [0.3, 0.4) is 0 Å². The molecule has 1 aromatic carbocycles. The molecule has 2 nitrogen and oxygen atoms in total. The minimum Gasteiger partial charge on any atom is -0.357 e. The van der Waals surface area contributed by atoms with E-state index in [1.807, 2.05) is 12.1 Å². The summed E-state index contributed by atoms with van der Waals surface area (Å²) in [6.07, 6.45) is 0.842. The fourth-order valence-corrected chi connectivity index (χ4v) is 2.39. The minimum absolute atomic E-state index is 0.0593. The number of carbonyl (C=O) groups is 1. The predicted octanol–water partition coefficient (Wildman–Crippen LogP) is 3.93. The third-order valence-corrected chi connectivity index (χ3v) is 3.05. The molecule has 0 unspecified atom stereocenters. The lowest BCUT2D eigenvalue weighted by Crippen LogP contribution is -2.11. The van der Waals surface area contributed by atoms with Gasteiger partial charge in [0.05, 0.1) is 5.02 Å². The van der Waals surface area contributed by atoms with Crippen LogP contribution in [0.15, 0.2) is 18.2 Å². The van der Waals surface area contributed by atoms with E-state index in [1.165, 1.54) is 0 Å². The average molecular weight is 236 g/mol. The maximum absolute atomic E-state index is 11.0. The molecule has 16 heavy (non-hydrogen) atoms. The van der Waals surface area contributed by atoms with Crippen LogP contribution in [0.1, 0.15) is 36.8 Å². The van der Waals surface area contributed by atoms with E-state index in [0.717, 1.165) is 22.9 Å². The number of halogens is 1. The molecular weight excluding hydrogens is 222 g/mol. The van der Waals surface area contributed by atoms with Gasteiger partial charge < -0.3 is 4.98 Å². The van der Waals surface area contributed by atoms with Gasteiger partial charge in [-0.15, -0.1) is 0 Å². The standard InChI is InChI=1S/C13H14ClNO/c1-13(2,3)12-11(14)10-8(7-16)5-4-6-9(10)15-12/h4-7,15H,1-3H3. The minimum atomic E-state index is -0.0593. The molecule has 0 saturated heterocycles. The molecule has 1 aromatic heterocycles. The Morgan fingerprint density at radius 3 is 2.56 bits per heavy atom. The Hall–Kier alpha value is -1.28. The number of benzene rings is 1. The highest BCUT2D eigenvalue weighted by molar-refractivity contribution is 6.37. The fourth-order valence-electron chi connectivity index (χ4n) is 1.85. The summed E-state index contributed by atoms with van der Waals surface area (Å²) in [7, 11) is 0. The summed E-state index contributed by atoms with van der Waals surface area (Å²) in [5.41, 5.74) is 2.46. The summed E-state index contributed by atoms with van der Waals surface area (Å²) in [6.45, 7) is 6.26. The zero-order chi connectivity index (χ0) is 11.9. The molecule has 1 heterocycles. The molecule has 0 bridgehead atoms. The number of rotatable bonds is 1. The number of carbonyl (C=O) groups excluding carboxylic acids is 1. The second-order valence-corrected chi connectivity index (χ2v) is 5.33. The first-order chi connectivity index (χ1) is 7.45. The highest BCUT2D eigenvalue weighted by Crippen LogP contribution is 2.36. The Labute approximate surface area is 99.6 Å². The van der Waals surface area contributed by atoms with Crippen LogP contribution in [0.2, 0.25) is 5.02 Å². The van der Waals surface area contributed by atoms with Crippen molar-refractivity contribution < 1.29 is 4.79 Å². The summed E-state index contributed by atoms with van der Waals surface area (Å²) in [6, 6.07) is 5.57. The molecule has 3 heteroatoms. The van der Waals surface area contributed by atoms with Gasteiger partial charge in [0.25, 0.3) is 0 Å². The smallest absolute Gasteiger partial charge is 0.150 e. The fraction of sp³-hybridized carbons (Fsp3) is 0.308. The predicted molar refractivity (Wildman–Crippen MR) is 67.4 cm³/mol. The van der Waals surface area contributed by atoms with Crippen molar-refractivity contribution >= 4 is 28.8 Å². The van der Waals surface area contributed by atoms with Crippen LogP contribution in [-0.4, -0.2) is 11.3 Å². The van der Waals surface area contributed by atoms with Gasteiger partial charge >= 0.3 is 0 Å². The highest BCUT2D eigenvalue weighted by Gasteiger charge is 2.22. The van der Waals surface area contributed by atoms with Gasteiger partial charge in [0.2, 0.25) is 0 Å². The number of aromatic amines is 1. The van der Waals surface area contributed by atoms with Crippen molar-refractivity contribution in [3.8, 4) is 0 Å². The molecule has 84 valence electrons. The molecule has 0 atom stereocenters. The normalized spacial score (nSPS) is 12.0. The summed E-state index contributed by atoms with van der Waals surface area (Å²) in [5.74, 6) is 0. The van der Waals surface area contributed by atoms with Crippen molar-refractivity contribution in [2.75, 3.05) is 0 Å². The third-order valence-electron chi connectivity index (χ3n) is 2.67. The van der Waals surface area contributed by atoms with Crippen molar-refractivity contribution in [3.05, 3.63) is 34.5 Å². The molecule has 0 amide bonds. The number of hydrogen-bond acceptors (Lipinski definition) is 1. The zero-order valence-corrected chi connectivity index (χ0v) is 10.4. The van der Waals surface area contributed by atoms with Gasteiger partial charge in [0, 0.05) is 27.6 Å². The van der Waals surface area contributed by atoms with E-state index < -0.39 is 0 Å². The van der Waals surface area contributed by atoms with Gasteiger partial charge in [-0.1, -0.05) is 44.5 Å². The Bertz CT molecular complexity index is 549. The highest BCUT2D eigenvalue weighted by atomic mass is 35.5. The first-order valence-corrected chi connectivity index (χ1v) is 5.59. The van der Waals surface area contributed by atoms with Crippen molar-refractivity contribution in [1.29, 1.82) is 0 Å². The van der Waals surface area contributed by atoms with Crippen LogP contribution in [0.5, 0.6) is 0 Å². The molecule has 0 radical (unpaired) electrons. The van der Waals surface area contributed by atoms with Crippen molar-refractivity contribution in [3.63, 3.8) is 0 Å². The van der Waals surface area contributed by atoms with Crippen LogP contribution in [-0.2, 0) is 5.41 Å².